The number of rotatable bonds is 4. The Balaban J connectivity index is 0.000000983. The van der Waals surface area contributed by atoms with Crippen molar-refractivity contribution in [1.82, 2.24) is 25.3 Å². The highest BCUT2D eigenvalue weighted by Gasteiger charge is 2.67. The molecule has 3 atom stereocenters. The fraction of sp³-hybridized carbons (Fsp3) is 0.536. The number of carbonyl (C=O) groups excluding carboxylic acids is 3. The van der Waals surface area contributed by atoms with E-state index < -0.39 is 5.54 Å². The van der Waals surface area contributed by atoms with Crippen LogP contribution in [0.5, 0.6) is 0 Å². The summed E-state index contributed by atoms with van der Waals surface area (Å²) in [7, 11) is 0. The number of aromatic nitrogens is 2. The van der Waals surface area contributed by atoms with Crippen molar-refractivity contribution in [2.75, 3.05) is 37.6 Å². The predicted octanol–water partition coefficient (Wildman–Crippen LogP) is 1.51. The first-order valence-corrected chi connectivity index (χ1v) is 13.8. The van der Waals surface area contributed by atoms with Crippen LogP contribution in [0.1, 0.15) is 49.7 Å². The molecule has 1 spiro atoms. The predicted molar refractivity (Wildman–Crippen MR) is 143 cm³/mol. The van der Waals surface area contributed by atoms with Crippen molar-refractivity contribution in [2.24, 2.45) is 5.92 Å². The number of aryl methyl sites for hydroxylation is 1. The van der Waals surface area contributed by atoms with Gasteiger partial charge in [-0.15, -0.1) is 0 Å². The third kappa shape index (κ3) is 4.80. The minimum Gasteiger partial charge on any atom is -0.483 e. The Morgan fingerprint density at radius 2 is 1.97 bits per heavy atom. The van der Waals surface area contributed by atoms with Gasteiger partial charge in [0.1, 0.15) is 5.54 Å². The number of carbonyl (C=O) groups is 4. The van der Waals surface area contributed by atoms with Crippen LogP contribution >= 0.6 is 0 Å². The van der Waals surface area contributed by atoms with Gasteiger partial charge in [-0.25, -0.2) is 0 Å². The van der Waals surface area contributed by atoms with Crippen LogP contribution in [0.3, 0.4) is 0 Å². The number of nitrogens with one attached hydrogen (secondary N) is 2. The zero-order valence-electron chi connectivity index (χ0n) is 22.1. The van der Waals surface area contributed by atoms with Crippen molar-refractivity contribution in [3.63, 3.8) is 0 Å². The van der Waals surface area contributed by atoms with Crippen LogP contribution in [0.25, 0.3) is 0 Å². The van der Waals surface area contributed by atoms with Gasteiger partial charge in [-0.2, -0.15) is 5.10 Å². The molecule has 0 saturated carbocycles. The number of amides is 3. The first kappa shape index (κ1) is 26.9. The van der Waals surface area contributed by atoms with Crippen LogP contribution in [0, 0.1) is 5.92 Å². The van der Waals surface area contributed by atoms with Gasteiger partial charge in [0.15, 0.2) is 0 Å². The van der Waals surface area contributed by atoms with Crippen LogP contribution in [0.15, 0.2) is 36.7 Å². The Morgan fingerprint density at radius 3 is 2.77 bits per heavy atom. The highest BCUT2D eigenvalue weighted by molar-refractivity contribution is 6.11. The maximum absolute atomic E-state index is 14.3. The lowest BCUT2D eigenvalue weighted by atomic mass is 9.78. The molecule has 1 aromatic carbocycles. The molecule has 2 bridgehead atoms. The molecule has 3 fully saturated rings. The summed E-state index contributed by atoms with van der Waals surface area (Å²) in [6.45, 7) is 2.60. The van der Waals surface area contributed by atoms with E-state index in [9.17, 15) is 14.4 Å². The third-order valence-electron chi connectivity index (χ3n) is 8.60. The van der Waals surface area contributed by atoms with E-state index in [1.54, 1.807) is 6.20 Å². The molecular weight excluding hydrogens is 500 g/mol. The number of aromatic amines is 1. The molecule has 4 aliphatic rings. The maximum atomic E-state index is 14.3. The standard InChI is InChI=1S/C27H34N6O3.CH2O2/c34-24(10-3-6-19-17-29-30-18-19)31-12-5-11-28-25(35)22-16-20-7-4-13-33(20)27(22)21-8-1-2-9-23(21)32(15-14-31)26(27)36;2-1-3/h1-2,8-9,17-18,20,22H,3-7,10-16H2,(H,28,35)(H,29,30);1H,(H,2,3)/t20-,22-,27+;/m0./s1. The van der Waals surface area contributed by atoms with Crippen molar-refractivity contribution in [1.29, 1.82) is 0 Å². The van der Waals surface area contributed by atoms with Gasteiger partial charge in [0.2, 0.25) is 11.8 Å². The molecule has 11 heteroatoms. The Labute approximate surface area is 227 Å². The summed E-state index contributed by atoms with van der Waals surface area (Å²) in [5.74, 6) is -0.328. The first-order chi connectivity index (χ1) is 19.0. The van der Waals surface area contributed by atoms with Gasteiger partial charge in [0.05, 0.1) is 12.1 Å². The van der Waals surface area contributed by atoms with E-state index in [4.69, 9.17) is 9.90 Å². The Hall–Kier alpha value is -3.73. The summed E-state index contributed by atoms with van der Waals surface area (Å²) in [5.41, 5.74) is 2.01. The summed E-state index contributed by atoms with van der Waals surface area (Å²) < 4.78 is 0. The number of carboxylic acid groups (broad SMARTS) is 1. The van der Waals surface area contributed by atoms with Gasteiger partial charge in [-0.1, -0.05) is 18.2 Å². The number of hydrogen-bond acceptors (Lipinski definition) is 6. The quantitative estimate of drug-likeness (QED) is 0.504. The molecule has 5 heterocycles. The van der Waals surface area contributed by atoms with E-state index in [-0.39, 0.29) is 36.2 Å². The fourth-order valence-corrected chi connectivity index (χ4v) is 6.99. The minimum atomic E-state index is -0.930. The fourth-order valence-electron chi connectivity index (χ4n) is 6.99. The number of anilines is 1. The van der Waals surface area contributed by atoms with Crippen molar-refractivity contribution in [2.45, 2.75) is 56.5 Å². The second kappa shape index (κ2) is 11.6. The van der Waals surface area contributed by atoms with E-state index >= 15 is 0 Å². The number of para-hydroxylation sites is 1. The Kier molecular flexibility index (Phi) is 7.97. The van der Waals surface area contributed by atoms with Crippen molar-refractivity contribution in [3.05, 3.63) is 47.8 Å². The molecule has 3 amide bonds. The Bertz CT molecular complexity index is 1200. The normalized spacial score (nSPS) is 26.4. The van der Waals surface area contributed by atoms with Gasteiger partial charge < -0.3 is 20.2 Å². The van der Waals surface area contributed by atoms with Gasteiger partial charge in [0.25, 0.3) is 12.4 Å². The summed E-state index contributed by atoms with van der Waals surface area (Å²) in [5, 5.41) is 16.8. The smallest absolute Gasteiger partial charge is 0.290 e. The molecular formula is C28H36N6O5. The minimum absolute atomic E-state index is 0.00109. The number of nitrogens with zero attached hydrogens (tertiary/aromatic N) is 4. The molecule has 0 aliphatic carbocycles. The lowest BCUT2D eigenvalue weighted by Crippen LogP contribution is -2.57. The first-order valence-electron chi connectivity index (χ1n) is 13.8. The van der Waals surface area contributed by atoms with Crippen LogP contribution in [0.2, 0.25) is 0 Å². The SMILES string of the molecule is O=C1NCCCN(C(=O)CCCc2cn[nH]c2)CCN2C(=O)[C@@]3(c4ccccc42)[C@H]1C[C@@H]1CCCN13.O=CO. The van der Waals surface area contributed by atoms with Gasteiger partial charge in [0, 0.05) is 56.1 Å². The summed E-state index contributed by atoms with van der Waals surface area (Å²) in [4.78, 5) is 55.5. The molecule has 3 saturated heterocycles. The summed E-state index contributed by atoms with van der Waals surface area (Å²) >= 11 is 0. The molecule has 0 unspecified atom stereocenters. The van der Waals surface area contributed by atoms with Crippen molar-refractivity contribution >= 4 is 29.9 Å². The molecule has 2 aromatic rings. The highest BCUT2D eigenvalue weighted by Crippen LogP contribution is 2.56. The molecule has 4 aliphatic heterocycles. The van der Waals surface area contributed by atoms with Crippen LogP contribution in [0.4, 0.5) is 5.69 Å². The van der Waals surface area contributed by atoms with Crippen LogP contribution in [-0.2, 0) is 31.1 Å². The lowest BCUT2D eigenvalue weighted by molar-refractivity contribution is -0.139. The van der Waals surface area contributed by atoms with Crippen molar-refractivity contribution < 1.29 is 24.3 Å². The number of benzene rings is 1. The zero-order valence-corrected chi connectivity index (χ0v) is 22.1. The number of H-pyrrole nitrogens is 1. The molecule has 6 rings (SSSR count). The van der Waals surface area contributed by atoms with E-state index in [1.165, 1.54) is 0 Å². The lowest BCUT2D eigenvalue weighted by Gasteiger charge is -2.38. The van der Waals surface area contributed by atoms with Crippen molar-refractivity contribution in [3.8, 4) is 0 Å². The van der Waals surface area contributed by atoms with Crippen LogP contribution in [-0.4, -0.2) is 88.1 Å². The van der Waals surface area contributed by atoms with Gasteiger partial charge in [-0.3, -0.25) is 29.2 Å². The number of fused-ring (bicyclic) bond motifs is 4. The summed E-state index contributed by atoms with van der Waals surface area (Å²) in [6, 6.07) is 8.23. The molecule has 208 valence electrons. The van der Waals surface area contributed by atoms with Crippen LogP contribution < -0.4 is 10.2 Å². The third-order valence-corrected chi connectivity index (χ3v) is 8.60. The topological polar surface area (TPSA) is 139 Å². The maximum Gasteiger partial charge on any atom is 0.290 e. The molecule has 3 N–H and O–H groups in total. The second-order valence-electron chi connectivity index (χ2n) is 10.6. The largest absolute Gasteiger partial charge is 0.483 e. The average molecular weight is 537 g/mol. The second-order valence-corrected chi connectivity index (χ2v) is 10.6. The number of hydrogen-bond donors (Lipinski definition) is 3. The van der Waals surface area contributed by atoms with Gasteiger partial charge in [-0.05, 0) is 56.7 Å². The molecule has 1 aromatic heterocycles. The molecule has 39 heavy (non-hydrogen) atoms. The summed E-state index contributed by atoms with van der Waals surface area (Å²) in [6.07, 6.45) is 9.15. The Morgan fingerprint density at radius 1 is 1.15 bits per heavy atom. The monoisotopic (exact) mass is 536 g/mol. The van der Waals surface area contributed by atoms with E-state index in [0.29, 0.717) is 39.0 Å². The highest BCUT2D eigenvalue weighted by atomic mass is 16.3. The van der Waals surface area contributed by atoms with E-state index in [1.807, 2.05) is 40.3 Å². The van der Waals surface area contributed by atoms with E-state index in [2.05, 4.69) is 20.4 Å². The van der Waals surface area contributed by atoms with E-state index in [0.717, 1.165) is 55.5 Å². The zero-order chi connectivity index (χ0) is 27.4. The van der Waals surface area contributed by atoms with Gasteiger partial charge >= 0.3 is 0 Å². The average Bonchev–Trinajstić information content (AvgIpc) is 3.70. The molecule has 0 radical (unpaired) electrons. The molecule has 11 nitrogen and oxygen atoms in total.